The quantitative estimate of drug-likeness (QED) is 0.663. The summed E-state index contributed by atoms with van der Waals surface area (Å²) in [6.07, 6.45) is 1.77. The van der Waals surface area contributed by atoms with Crippen LogP contribution in [0.1, 0.15) is 22.3 Å². The highest BCUT2D eigenvalue weighted by Crippen LogP contribution is 2.28. The molecule has 0 aliphatic carbocycles. The van der Waals surface area contributed by atoms with Crippen molar-refractivity contribution in [2.24, 2.45) is 0 Å². The third kappa shape index (κ3) is 1.98. The van der Waals surface area contributed by atoms with Gasteiger partial charge in [0.2, 0.25) is 0 Å². The van der Waals surface area contributed by atoms with Gasteiger partial charge < -0.3 is 4.74 Å². The van der Waals surface area contributed by atoms with E-state index < -0.39 is 0 Å². The molecule has 0 saturated carbocycles. The Kier molecular flexibility index (Phi) is 3.34. The van der Waals surface area contributed by atoms with Gasteiger partial charge in [-0.25, -0.2) is 0 Å². The van der Waals surface area contributed by atoms with E-state index >= 15 is 0 Å². The summed E-state index contributed by atoms with van der Waals surface area (Å²) in [6, 6.07) is 2.17. The van der Waals surface area contributed by atoms with Crippen molar-refractivity contribution in [3.05, 3.63) is 41.0 Å². The Balaban J connectivity index is 3.15. The summed E-state index contributed by atoms with van der Waals surface area (Å²) in [6.45, 7) is 12.7. The van der Waals surface area contributed by atoms with E-state index in [1.807, 2.05) is 0 Å². The Labute approximate surface area is 86.4 Å². The van der Waals surface area contributed by atoms with Crippen LogP contribution in [0.3, 0.4) is 0 Å². The molecule has 0 spiro atoms. The van der Waals surface area contributed by atoms with E-state index in [4.69, 9.17) is 4.74 Å². The zero-order chi connectivity index (χ0) is 10.7. The summed E-state index contributed by atoms with van der Waals surface area (Å²) >= 11 is 0. The van der Waals surface area contributed by atoms with Gasteiger partial charge in [-0.15, -0.1) is 0 Å². The van der Waals surface area contributed by atoms with Crippen molar-refractivity contribution in [2.75, 3.05) is 6.61 Å². The van der Waals surface area contributed by atoms with E-state index in [1.165, 1.54) is 22.3 Å². The molecule has 0 bridgehead atoms. The average molecular weight is 190 g/mol. The molecule has 0 aliphatic rings. The summed E-state index contributed by atoms with van der Waals surface area (Å²) in [5.74, 6) is 1.01. The molecule has 0 heterocycles. The van der Waals surface area contributed by atoms with Crippen molar-refractivity contribution in [3.63, 3.8) is 0 Å². The zero-order valence-corrected chi connectivity index (χ0v) is 9.48. The van der Waals surface area contributed by atoms with Gasteiger partial charge in [0.25, 0.3) is 0 Å². The fourth-order valence-corrected chi connectivity index (χ4v) is 1.62. The molecule has 1 rings (SSSR count). The molecule has 0 atom stereocenters. The monoisotopic (exact) mass is 190 g/mol. The number of benzene rings is 1. The molecule has 0 aliphatic heterocycles. The second kappa shape index (κ2) is 4.32. The molecule has 0 unspecified atom stereocenters. The lowest BCUT2D eigenvalue weighted by Gasteiger charge is -2.14. The van der Waals surface area contributed by atoms with Gasteiger partial charge >= 0.3 is 0 Å². The Morgan fingerprint density at radius 2 is 1.79 bits per heavy atom. The van der Waals surface area contributed by atoms with Gasteiger partial charge in [0.15, 0.2) is 0 Å². The summed E-state index contributed by atoms with van der Waals surface area (Å²) in [4.78, 5) is 0. The first-order chi connectivity index (χ1) is 6.57. The molecule has 1 aromatic rings. The predicted octanol–water partition coefficient (Wildman–Crippen LogP) is 3.49. The first-order valence-electron chi connectivity index (χ1n) is 4.89. The first-order valence-corrected chi connectivity index (χ1v) is 4.89. The molecular weight excluding hydrogens is 172 g/mol. The van der Waals surface area contributed by atoms with Crippen LogP contribution in [0.4, 0.5) is 0 Å². The summed E-state index contributed by atoms with van der Waals surface area (Å²) < 4.78 is 5.63. The minimum Gasteiger partial charge on any atom is -0.489 e. The lowest BCUT2D eigenvalue weighted by atomic mass is 10.00. The van der Waals surface area contributed by atoms with Crippen molar-refractivity contribution < 1.29 is 4.74 Å². The van der Waals surface area contributed by atoms with Crippen LogP contribution in [0.5, 0.6) is 5.75 Å². The molecule has 1 heteroatoms. The molecule has 0 N–H and O–H groups in total. The number of aryl methyl sites for hydroxylation is 2. The molecular formula is C13H18O. The van der Waals surface area contributed by atoms with Crippen molar-refractivity contribution in [1.82, 2.24) is 0 Å². The van der Waals surface area contributed by atoms with Gasteiger partial charge in [-0.2, -0.15) is 0 Å². The largest absolute Gasteiger partial charge is 0.489 e. The molecule has 0 amide bonds. The SMILES string of the molecule is C=CCOc1c(C)cc(C)c(C)c1C. The third-order valence-corrected chi connectivity index (χ3v) is 2.63. The lowest BCUT2D eigenvalue weighted by molar-refractivity contribution is 0.357. The highest BCUT2D eigenvalue weighted by Gasteiger charge is 2.08. The van der Waals surface area contributed by atoms with Crippen LogP contribution in [0.25, 0.3) is 0 Å². The van der Waals surface area contributed by atoms with Crippen LogP contribution in [-0.4, -0.2) is 6.61 Å². The Hall–Kier alpha value is -1.24. The molecule has 0 fully saturated rings. The standard InChI is InChI=1S/C13H18O/c1-6-7-14-13-10(3)8-9(2)11(4)12(13)5/h6,8H,1,7H2,2-5H3. The van der Waals surface area contributed by atoms with Crippen LogP contribution >= 0.6 is 0 Å². The van der Waals surface area contributed by atoms with Gasteiger partial charge in [0.1, 0.15) is 12.4 Å². The van der Waals surface area contributed by atoms with Crippen LogP contribution in [0.15, 0.2) is 18.7 Å². The van der Waals surface area contributed by atoms with Crippen molar-refractivity contribution >= 4 is 0 Å². The summed E-state index contributed by atoms with van der Waals surface area (Å²) in [7, 11) is 0. The van der Waals surface area contributed by atoms with Crippen LogP contribution in [-0.2, 0) is 0 Å². The highest BCUT2D eigenvalue weighted by molar-refractivity contribution is 5.48. The fraction of sp³-hybridized carbons (Fsp3) is 0.385. The maximum Gasteiger partial charge on any atom is 0.125 e. The molecule has 1 nitrogen and oxygen atoms in total. The van der Waals surface area contributed by atoms with Crippen molar-refractivity contribution in [3.8, 4) is 5.75 Å². The summed E-state index contributed by atoms with van der Waals surface area (Å²) in [5, 5.41) is 0. The lowest BCUT2D eigenvalue weighted by Crippen LogP contribution is -2.00. The molecule has 0 aromatic heterocycles. The van der Waals surface area contributed by atoms with Crippen molar-refractivity contribution in [1.29, 1.82) is 0 Å². The van der Waals surface area contributed by atoms with E-state index in [0.29, 0.717) is 6.61 Å². The van der Waals surface area contributed by atoms with E-state index in [-0.39, 0.29) is 0 Å². The number of hydrogen-bond donors (Lipinski definition) is 0. The average Bonchev–Trinajstić information content (AvgIpc) is 2.14. The van der Waals surface area contributed by atoms with E-state index in [0.717, 1.165) is 5.75 Å². The van der Waals surface area contributed by atoms with Crippen LogP contribution < -0.4 is 4.74 Å². The van der Waals surface area contributed by atoms with Gasteiger partial charge in [-0.05, 0) is 49.9 Å². The highest BCUT2D eigenvalue weighted by atomic mass is 16.5. The molecule has 1 aromatic carbocycles. The van der Waals surface area contributed by atoms with Crippen LogP contribution in [0.2, 0.25) is 0 Å². The van der Waals surface area contributed by atoms with Crippen molar-refractivity contribution in [2.45, 2.75) is 27.7 Å². The van der Waals surface area contributed by atoms with Gasteiger partial charge in [-0.1, -0.05) is 18.7 Å². The maximum atomic E-state index is 5.63. The van der Waals surface area contributed by atoms with Gasteiger partial charge in [0, 0.05) is 0 Å². The molecule has 76 valence electrons. The molecule has 0 saturated heterocycles. The van der Waals surface area contributed by atoms with E-state index in [2.05, 4.69) is 40.3 Å². The van der Waals surface area contributed by atoms with Gasteiger partial charge in [0.05, 0.1) is 0 Å². The Bertz CT molecular complexity index is 351. The summed E-state index contributed by atoms with van der Waals surface area (Å²) in [5.41, 5.74) is 5.08. The van der Waals surface area contributed by atoms with Gasteiger partial charge in [-0.3, -0.25) is 0 Å². The number of ether oxygens (including phenoxy) is 1. The second-order valence-corrected chi connectivity index (χ2v) is 3.69. The second-order valence-electron chi connectivity index (χ2n) is 3.69. The minimum atomic E-state index is 0.574. The number of rotatable bonds is 3. The smallest absolute Gasteiger partial charge is 0.125 e. The normalized spacial score (nSPS) is 10.0. The third-order valence-electron chi connectivity index (χ3n) is 2.63. The zero-order valence-electron chi connectivity index (χ0n) is 9.48. The predicted molar refractivity (Wildman–Crippen MR) is 61.1 cm³/mol. The minimum absolute atomic E-state index is 0.574. The topological polar surface area (TPSA) is 9.23 Å². The van der Waals surface area contributed by atoms with Crippen LogP contribution in [0, 0.1) is 27.7 Å². The Morgan fingerprint density at radius 1 is 1.14 bits per heavy atom. The number of hydrogen-bond acceptors (Lipinski definition) is 1. The van der Waals surface area contributed by atoms with E-state index in [9.17, 15) is 0 Å². The fourth-order valence-electron chi connectivity index (χ4n) is 1.62. The van der Waals surface area contributed by atoms with E-state index in [1.54, 1.807) is 6.08 Å². The Morgan fingerprint density at radius 3 is 2.36 bits per heavy atom. The maximum absolute atomic E-state index is 5.63. The first kappa shape index (κ1) is 10.8. The molecule has 0 radical (unpaired) electrons. The molecule has 14 heavy (non-hydrogen) atoms.